The number of furan rings is 1. The molecule has 4 nitrogen and oxygen atoms in total. The summed E-state index contributed by atoms with van der Waals surface area (Å²) in [6, 6.07) is 8.31. The van der Waals surface area contributed by atoms with Gasteiger partial charge in [-0.05, 0) is 36.2 Å². The number of aromatic amines is 1. The smallest absolute Gasteiger partial charge is 0.418 e. The first-order valence-electron chi connectivity index (χ1n) is 10.4. The molecule has 10 heteroatoms. The van der Waals surface area contributed by atoms with Crippen molar-refractivity contribution in [1.29, 1.82) is 5.26 Å². The summed E-state index contributed by atoms with van der Waals surface area (Å²) >= 11 is 0. The van der Waals surface area contributed by atoms with E-state index in [0.29, 0.717) is 11.8 Å². The molecule has 2 aromatic heterocycles. The number of benzene rings is 2. The summed E-state index contributed by atoms with van der Waals surface area (Å²) in [5.41, 5.74) is -3.73. The van der Waals surface area contributed by atoms with Gasteiger partial charge in [0, 0.05) is 5.41 Å². The maximum atomic E-state index is 14.0. The lowest BCUT2D eigenvalue weighted by Gasteiger charge is -2.15. The molecular weight excluding hydrogens is 472 g/mol. The first kappa shape index (κ1) is 24.4. The Bertz CT molecular complexity index is 1480. The van der Waals surface area contributed by atoms with Gasteiger partial charge in [-0.15, -0.1) is 0 Å². The van der Waals surface area contributed by atoms with Crippen LogP contribution in [0.1, 0.15) is 49.0 Å². The number of alkyl halides is 6. The van der Waals surface area contributed by atoms with Crippen LogP contribution in [-0.2, 0) is 17.8 Å². The number of hydrogen-bond acceptors (Lipinski definition) is 3. The zero-order valence-electron chi connectivity index (χ0n) is 19.0. The Balaban J connectivity index is 2.02. The highest BCUT2D eigenvalue weighted by atomic mass is 19.4. The standard InChI is InChI=1S/C25H19F6N3O/c1-12-19(15(11-32)21(35-12)23(2,3)4)22-33-18-10-13(9-17(20(18)34-22)25(29,30)31)14-7-5-6-8-16(14)24(26,27)28/h5-10H,1-4H3,(H,33,34). The van der Waals surface area contributed by atoms with Gasteiger partial charge in [0.15, 0.2) is 0 Å². The summed E-state index contributed by atoms with van der Waals surface area (Å²) < 4.78 is 88.4. The summed E-state index contributed by atoms with van der Waals surface area (Å²) in [5, 5.41) is 9.76. The van der Waals surface area contributed by atoms with Crippen LogP contribution in [0.5, 0.6) is 0 Å². The number of aryl methyl sites for hydroxylation is 1. The van der Waals surface area contributed by atoms with E-state index < -0.39 is 40.0 Å². The predicted octanol–water partition coefficient (Wildman–Crippen LogP) is 8.01. The molecule has 4 rings (SSSR count). The van der Waals surface area contributed by atoms with Crippen molar-refractivity contribution < 1.29 is 30.8 Å². The highest BCUT2D eigenvalue weighted by Crippen LogP contribution is 2.43. The number of rotatable bonds is 2. The van der Waals surface area contributed by atoms with E-state index in [4.69, 9.17) is 4.42 Å². The van der Waals surface area contributed by atoms with Crippen molar-refractivity contribution in [3.05, 3.63) is 64.6 Å². The molecule has 0 aliphatic carbocycles. The van der Waals surface area contributed by atoms with Crippen LogP contribution in [0.25, 0.3) is 33.5 Å². The quantitative estimate of drug-likeness (QED) is 0.289. The molecule has 0 bridgehead atoms. The van der Waals surface area contributed by atoms with Crippen LogP contribution < -0.4 is 0 Å². The number of nitrogens with zero attached hydrogens (tertiary/aromatic N) is 2. The molecule has 0 saturated carbocycles. The van der Waals surface area contributed by atoms with E-state index in [1.807, 2.05) is 26.8 Å². The second kappa shape index (κ2) is 7.90. The summed E-state index contributed by atoms with van der Waals surface area (Å²) in [4.78, 5) is 6.88. The zero-order valence-corrected chi connectivity index (χ0v) is 19.0. The molecular formula is C25H19F6N3O. The fourth-order valence-corrected chi connectivity index (χ4v) is 4.05. The van der Waals surface area contributed by atoms with Gasteiger partial charge in [0.2, 0.25) is 0 Å². The van der Waals surface area contributed by atoms with E-state index in [-0.39, 0.29) is 33.8 Å². The molecule has 0 atom stereocenters. The van der Waals surface area contributed by atoms with Crippen LogP contribution in [-0.4, -0.2) is 9.97 Å². The van der Waals surface area contributed by atoms with E-state index in [1.165, 1.54) is 18.2 Å². The summed E-state index contributed by atoms with van der Waals surface area (Å²) in [7, 11) is 0. The van der Waals surface area contributed by atoms with Crippen LogP contribution in [0.4, 0.5) is 26.3 Å². The number of nitrogens with one attached hydrogen (secondary N) is 1. The molecule has 4 aromatic rings. The van der Waals surface area contributed by atoms with E-state index in [1.54, 1.807) is 6.92 Å². The molecule has 182 valence electrons. The number of hydrogen-bond donors (Lipinski definition) is 1. The van der Waals surface area contributed by atoms with Gasteiger partial charge in [-0.2, -0.15) is 31.6 Å². The molecule has 2 aromatic carbocycles. The molecule has 1 N–H and O–H groups in total. The predicted molar refractivity (Wildman–Crippen MR) is 117 cm³/mol. The van der Waals surface area contributed by atoms with Gasteiger partial charge in [0.1, 0.15) is 34.5 Å². The Labute approximate surface area is 196 Å². The normalized spacial score (nSPS) is 12.8. The number of imidazole rings is 1. The van der Waals surface area contributed by atoms with Gasteiger partial charge in [-0.3, -0.25) is 0 Å². The molecule has 0 aliphatic heterocycles. The van der Waals surface area contributed by atoms with E-state index in [9.17, 15) is 31.6 Å². The highest BCUT2D eigenvalue weighted by Gasteiger charge is 2.37. The maximum absolute atomic E-state index is 14.0. The fraction of sp³-hybridized carbons (Fsp3) is 0.280. The zero-order chi connectivity index (χ0) is 25.9. The Morgan fingerprint density at radius 1 is 0.943 bits per heavy atom. The fourth-order valence-electron chi connectivity index (χ4n) is 4.05. The van der Waals surface area contributed by atoms with Crippen molar-refractivity contribution in [3.63, 3.8) is 0 Å². The first-order valence-corrected chi connectivity index (χ1v) is 10.4. The molecule has 35 heavy (non-hydrogen) atoms. The Morgan fingerprint density at radius 3 is 2.14 bits per heavy atom. The first-order chi connectivity index (χ1) is 16.1. The van der Waals surface area contributed by atoms with Crippen LogP contribution in [0, 0.1) is 18.3 Å². The van der Waals surface area contributed by atoms with Crippen LogP contribution in [0.15, 0.2) is 40.8 Å². The average Bonchev–Trinajstić information content (AvgIpc) is 3.31. The van der Waals surface area contributed by atoms with Crippen molar-refractivity contribution >= 4 is 11.0 Å². The van der Waals surface area contributed by atoms with Crippen LogP contribution in [0.2, 0.25) is 0 Å². The number of halogens is 6. The van der Waals surface area contributed by atoms with Crippen LogP contribution in [0.3, 0.4) is 0 Å². The molecule has 0 saturated heterocycles. The Hall–Kier alpha value is -3.74. The number of H-pyrrole nitrogens is 1. The minimum Gasteiger partial charge on any atom is -0.464 e. The van der Waals surface area contributed by atoms with E-state index in [2.05, 4.69) is 9.97 Å². The maximum Gasteiger partial charge on any atom is 0.418 e. The largest absolute Gasteiger partial charge is 0.464 e. The Morgan fingerprint density at radius 2 is 1.57 bits per heavy atom. The molecule has 0 aliphatic rings. The molecule has 0 unspecified atom stereocenters. The van der Waals surface area contributed by atoms with Crippen molar-refractivity contribution in [1.82, 2.24) is 9.97 Å². The van der Waals surface area contributed by atoms with Crippen molar-refractivity contribution in [3.8, 4) is 28.6 Å². The number of aromatic nitrogens is 2. The summed E-state index contributed by atoms with van der Waals surface area (Å²) in [5.74, 6) is 0.589. The van der Waals surface area contributed by atoms with Gasteiger partial charge >= 0.3 is 12.4 Å². The molecule has 0 fully saturated rings. The van der Waals surface area contributed by atoms with Crippen molar-refractivity contribution in [2.24, 2.45) is 0 Å². The second-order valence-electron chi connectivity index (χ2n) is 9.15. The van der Waals surface area contributed by atoms with Gasteiger partial charge in [0.25, 0.3) is 0 Å². The lowest BCUT2D eigenvalue weighted by atomic mass is 9.89. The van der Waals surface area contributed by atoms with Crippen LogP contribution >= 0.6 is 0 Å². The topological polar surface area (TPSA) is 65.6 Å². The molecule has 0 radical (unpaired) electrons. The van der Waals surface area contributed by atoms with Gasteiger partial charge in [-0.1, -0.05) is 39.0 Å². The van der Waals surface area contributed by atoms with E-state index in [0.717, 1.165) is 12.1 Å². The van der Waals surface area contributed by atoms with Crippen molar-refractivity contribution in [2.75, 3.05) is 0 Å². The lowest BCUT2D eigenvalue weighted by Crippen LogP contribution is -2.11. The van der Waals surface area contributed by atoms with E-state index >= 15 is 0 Å². The number of fused-ring (bicyclic) bond motifs is 1. The molecule has 0 amide bonds. The Kier molecular flexibility index (Phi) is 5.51. The minimum atomic E-state index is -4.89. The molecule has 2 heterocycles. The minimum absolute atomic E-state index is 0.0416. The van der Waals surface area contributed by atoms with Gasteiger partial charge in [-0.25, -0.2) is 4.98 Å². The molecule has 0 spiro atoms. The monoisotopic (exact) mass is 491 g/mol. The lowest BCUT2D eigenvalue weighted by molar-refractivity contribution is -0.137. The average molecular weight is 491 g/mol. The summed E-state index contributed by atoms with van der Waals surface area (Å²) in [6.45, 7) is 7.02. The highest BCUT2D eigenvalue weighted by molar-refractivity contribution is 5.89. The third-order valence-electron chi connectivity index (χ3n) is 5.55. The SMILES string of the molecule is Cc1oc(C(C)(C)C)c(C#N)c1-c1nc2c(C(F)(F)F)cc(-c3ccccc3C(F)(F)F)cc2[nH]1. The van der Waals surface area contributed by atoms with Crippen molar-refractivity contribution in [2.45, 2.75) is 45.5 Å². The van der Waals surface area contributed by atoms with Gasteiger partial charge in [0.05, 0.1) is 22.2 Å². The summed E-state index contributed by atoms with van der Waals surface area (Å²) in [6.07, 6.45) is -9.66. The third kappa shape index (κ3) is 4.27. The second-order valence-corrected chi connectivity index (χ2v) is 9.15. The third-order valence-corrected chi connectivity index (χ3v) is 5.55. The number of nitriles is 1. The van der Waals surface area contributed by atoms with Gasteiger partial charge < -0.3 is 9.40 Å².